The molecule has 0 radical (unpaired) electrons. The van der Waals surface area contributed by atoms with Crippen LogP contribution in [0.5, 0.6) is 0 Å². The van der Waals surface area contributed by atoms with Crippen LogP contribution < -0.4 is 0 Å². The van der Waals surface area contributed by atoms with E-state index in [1.54, 1.807) is 0 Å². The Morgan fingerprint density at radius 2 is 1.52 bits per heavy atom. The third-order valence-electron chi connectivity index (χ3n) is 4.46. The fraction of sp³-hybridized carbons (Fsp3) is 0.417. The molecular formula is C24H28O5. The third-order valence-corrected chi connectivity index (χ3v) is 4.46. The lowest BCUT2D eigenvalue weighted by molar-refractivity contribution is -0.155. The number of ether oxygens (including phenoxy) is 4. The van der Waals surface area contributed by atoms with Gasteiger partial charge < -0.3 is 24.1 Å². The highest BCUT2D eigenvalue weighted by Crippen LogP contribution is 2.30. The van der Waals surface area contributed by atoms with Gasteiger partial charge in [0.15, 0.2) is 5.79 Å². The number of benzene rings is 2. The van der Waals surface area contributed by atoms with Gasteiger partial charge in [0, 0.05) is 0 Å². The van der Waals surface area contributed by atoms with E-state index < -0.39 is 24.1 Å². The molecule has 29 heavy (non-hydrogen) atoms. The first-order valence-electron chi connectivity index (χ1n) is 9.79. The first-order chi connectivity index (χ1) is 14.0. The van der Waals surface area contributed by atoms with Gasteiger partial charge in [0.05, 0.1) is 19.8 Å². The Kier molecular flexibility index (Phi) is 7.82. The minimum absolute atomic E-state index is 0.234. The zero-order valence-electron chi connectivity index (χ0n) is 16.9. The molecular weight excluding hydrogens is 368 g/mol. The molecule has 0 aliphatic carbocycles. The minimum atomic E-state index is -0.984. The quantitative estimate of drug-likeness (QED) is 0.548. The summed E-state index contributed by atoms with van der Waals surface area (Å²) in [5, 5.41) is 10.5. The van der Waals surface area contributed by atoms with E-state index in [4.69, 9.17) is 18.9 Å². The summed E-state index contributed by atoms with van der Waals surface area (Å²) in [4.78, 5) is 0. The summed E-state index contributed by atoms with van der Waals surface area (Å²) >= 11 is 0. The van der Waals surface area contributed by atoms with Crippen LogP contribution >= 0.6 is 0 Å². The van der Waals surface area contributed by atoms with Gasteiger partial charge in [-0.15, -0.1) is 0 Å². The van der Waals surface area contributed by atoms with Crippen LogP contribution in [0.2, 0.25) is 0 Å². The van der Waals surface area contributed by atoms with Crippen molar-refractivity contribution in [2.45, 2.75) is 51.2 Å². The highest BCUT2D eigenvalue weighted by atomic mass is 16.8. The van der Waals surface area contributed by atoms with Crippen molar-refractivity contribution in [1.82, 2.24) is 0 Å². The molecule has 1 aliphatic heterocycles. The Labute approximate surface area is 172 Å². The van der Waals surface area contributed by atoms with E-state index in [0.29, 0.717) is 19.8 Å². The van der Waals surface area contributed by atoms with E-state index in [1.807, 2.05) is 74.5 Å². The van der Waals surface area contributed by atoms with E-state index in [9.17, 15) is 5.11 Å². The zero-order chi connectivity index (χ0) is 20.5. The monoisotopic (exact) mass is 396 g/mol. The Balaban J connectivity index is 1.47. The predicted molar refractivity (Wildman–Crippen MR) is 110 cm³/mol. The summed E-state index contributed by atoms with van der Waals surface area (Å²) in [6.45, 7) is 5.14. The first kappa shape index (κ1) is 21.5. The van der Waals surface area contributed by atoms with Crippen LogP contribution in [0.3, 0.4) is 0 Å². The number of aliphatic hydroxyl groups is 1. The number of hydrogen-bond acceptors (Lipinski definition) is 5. The van der Waals surface area contributed by atoms with E-state index in [0.717, 1.165) is 11.1 Å². The molecule has 0 saturated carbocycles. The zero-order valence-corrected chi connectivity index (χ0v) is 16.9. The van der Waals surface area contributed by atoms with Crippen LogP contribution in [0.25, 0.3) is 0 Å². The molecule has 0 amide bonds. The largest absolute Gasteiger partial charge is 0.378 e. The second-order valence-corrected chi connectivity index (χ2v) is 7.38. The van der Waals surface area contributed by atoms with Gasteiger partial charge in [-0.1, -0.05) is 72.5 Å². The van der Waals surface area contributed by atoms with Crippen LogP contribution in [0.1, 0.15) is 25.0 Å². The molecule has 1 fully saturated rings. The van der Waals surface area contributed by atoms with Gasteiger partial charge in [-0.05, 0) is 25.0 Å². The number of hydrogen-bond donors (Lipinski definition) is 1. The van der Waals surface area contributed by atoms with Crippen molar-refractivity contribution in [3.05, 3.63) is 71.8 Å². The van der Waals surface area contributed by atoms with Crippen molar-refractivity contribution >= 4 is 0 Å². The maximum absolute atomic E-state index is 10.5. The van der Waals surface area contributed by atoms with Crippen molar-refractivity contribution in [1.29, 1.82) is 0 Å². The number of aliphatic hydroxyl groups excluding tert-OH is 1. The van der Waals surface area contributed by atoms with Crippen molar-refractivity contribution in [3.8, 4) is 11.8 Å². The van der Waals surface area contributed by atoms with Crippen molar-refractivity contribution in [2.75, 3.05) is 13.2 Å². The number of rotatable bonds is 8. The highest BCUT2D eigenvalue weighted by Gasteiger charge is 2.44. The molecule has 1 N–H and O–H groups in total. The average molecular weight is 396 g/mol. The Morgan fingerprint density at radius 1 is 0.931 bits per heavy atom. The van der Waals surface area contributed by atoms with Gasteiger partial charge in [0.2, 0.25) is 0 Å². The topological polar surface area (TPSA) is 57.2 Å². The van der Waals surface area contributed by atoms with E-state index in [2.05, 4.69) is 11.8 Å². The lowest BCUT2D eigenvalue weighted by Crippen LogP contribution is -2.37. The Hall–Kier alpha value is -2.20. The van der Waals surface area contributed by atoms with Crippen LogP contribution in [-0.2, 0) is 32.2 Å². The molecule has 154 valence electrons. The molecule has 0 spiro atoms. The van der Waals surface area contributed by atoms with Gasteiger partial charge in [0.1, 0.15) is 24.9 Å². The smallest absolute Gasteiger partial charge is 0.164 e. The van der Waals surface area contributed by atoms with E-state index >= 15 is 0 Å². The average Bonchev–Trinajstić information content (AvgIpc) is 3.04. The molecule has 0 bridgehead atoms. The molecule has 1 aliphatic rings. The summed E-state index contributed by atoms with van der Waals surface area (Å²) in [5.74, 6) is 4.88. The van der Waals surface area contributed by atoms with Gasteiger partial charge in [0.25, 0.3) is 0 Å². The van der Waals surface area contributed by atoms with Gasteiger partial charge in [-0.3, -0.25) is 0 Å². The van der Waals surface area contributed by atoms with Crippen LogP contribution in [0, 0.1) is 11.8 Å². The summed E-state index contributed by atoms with van der Waals surface area (Å²) in [6.07, 6.45) is -1.96. The van der Waals surface area contributed by atoms with Crippen molar-refractivity contribution in [2.24, 2.45) is 0 Å². The summed E-state index contributed by atoms with van der Waals surface area (Å²) in [5.41, 5.74) is 2.16. The van der Waals surface area contributed by atoms with Crippen LogP contribution in [0.4, 0.5) is 0 Å². The second-order valence-electron chi connectivity index (χ2n) is 7.38. The molecule has 2 aromatic rings. The van der Waals surface area contributed by atoms with Gasteiger partial charge in [-0.2, -0.15) is 0 Å². The van der Waals surface area contributed by atoms with Crippen molar-refractivity contribution < 1.29 is 24.1 Å². The minimum Gasteiger partial charge on any atom is -0.378 e. The standard InChI is InChI=1S/C24H28O5/c1-24(2)28-22(18-27-17-20-12-7-4-8-13-20)23(29-24)21(25)14-9-15-26-16-19-10-5-3-6-11-19/h3-8,10-13,21-23,25H,15-18H2,1-2H3/t21-,22-,23-/m0/s1. The van der Waals surface area contributed by atoms with Crippen LogP contribution in [-0.4, -0.2) is 42.4 Å². The van der Waals surface area contributed by atoms with Gasteiger partial charge in [-0.25, -0.2) is 0 Å². The molecule has 1 saturated heterocycles. The highest BCUT2D eigenvalue weighted by molar-refractivity contribution is 5.15. The Morgan fingerprint density at radius 3 is 2.14 bits per heavy atom. The summed E-state index contributed by atoms with van der Waals surface area (Å²) < 4.78 is 23.1. The Bertz CT molecular complexity index is 794. The lowest BCUT2D eigenvalue weighted by Gasteiger charge is -2.18. The second kappa shape index (κ2) is 10.5. The fourth-order valence-corrected chi connectivity index (χ4v) is 3.15. The summed E-state index contributed by atoms with van der Waals surface area (Å²) in [6, 6.07) is 19.8. The molecule has 1 heterocycles. The normalized spacial score (nSPS) is 21.3. The maximum Gasteiger partial charge on any atom is 0.164 e. The molecule has 0 unspecified atom stereocenters. The van der Waals surface area contributed by atoms with Gasteiger partial charge >= 0.3 is 0 Å². The van der Waals surface area contributed by atoms with Crippen LogP contribution in [0.15, 0.2) is 60.7 Å². The molecule has 5 heteroatoms. The van der Waals surface area contributed by atoms with E-state index in [-0.39, 0.29) is 6.61 Å². The molecule has 3 rings (SSSR count). The molecule has 2 aromatic carbocycles. The molecule has 5 nitrogen and oxygen atoms in total. The lowest BCUT2D eigenvalue weighted by atomic mass is 10.1. The maximum atomic E-state index is 10.5. The molecule has 3 atom stereocenters. The molecule has 0 aromatic heterocycles. The van der Waals surface area contributed by atoms with E-state index in [1.165, 1.54) is 0 Å². The predicted octanol–water partition coefficient (Wildman–Crippen LogP) is 3.30. The SMILES string of the molecule is CC1(C)O[C@@H]([C@@H](O)C#CCOCc2ccccc2)[C@H](COCc2ccccc2)O1. The first-order valence-corrected chi connectivity index (χ1v) is 9.79. The van der Waals surface area contributed by atoms with Crippen molar-refractivity contribution in [3.63, 3.8) is 0 Å². The summed E-state index contributed by atoms with van der Waals surface area (Å²) in [7, 11) is 0. The fourth-order valence-electron chi connectivity index (χ4n) is 3.15. The third kappa shape index (κ3) is 6.97.